The molecule has 2 aliphatic heterocycles. The molecule has 0 unspecified atom stereocenters. The fraction of sp³-hybridized carbons (Fsp3) is 0.462. The van der Waals surface area contributed by atoms with E-state index in [0.29, 0.717) is 49.6 Å². The molecule has 2 aromatic rings. The Morgan fingerprint density at radius 2 is 1.92 bits per heavy atom. The lowest BCUT2D eigenvalue weighted by molar-refractivity contribution is -0.135. The van der Waals surface area contributed by atoms with Crippen molar-refractivity contribution in [1.82, 2.24) is 14.8 Å². The number of aromatic nitrogens is 1. The number of ether oxygens (including phenoxy) is 1. The van der Waals surface area contributed by atoms with Crippen LogP contribution in [0.4, 0.5) is 15.0 Å². The lowest BCUT2D eigenvalue weighted by Gasteiger charge is -2.34. The van der Waals surface area contributed by atoms with Gasteiger partial charge in [0.15, 0.2) is 0 Å². The van der Waals surface area contributed by atoms with Crippen LogP contribution in [0.15, 0.2) is 42.6 Å². The molecule has 0 saturated carbocycles. The van der Waals surface area contributed by atoms with Crippen molar-refractivity contribution in [1.29, 1.82) is 5.26 Å². The Bertz CT molecular complexity index is 1100. The molecule has 3 heterocycles. The molecule has 0 spiro atoms. The molecule has 10 heteroatoms. The number of likely N-dealkylation sites (N-methyl/N-ethyl adjacent to an activating group) is 1. The van der Waals surface area contributed by atoms with Crippen molar-refractivity contribution in [3.8, 4) is 6.07 Å². The average Bonchev–Trinajstić information content (AvgIpc) is 3.37. The molecule has 190 valence electrons. The molecule has 4 rings (SSSR count). The number of hydrogen-bond acceptors (Lipinski definition) is 6. The number of rotatable bonds is 6. The second kappa shape index (κ2) is 11.6. The lowest BCUT2D eigenvalue weighted by Crippen LogP contribution is -2.44. The first-order valence-electron chi connectivity index (χ1n) is 12.0. The van der Waals surface area contributed by atoms with Crippen molar-refractivity contribution in [3.05, 3.63) is 58.7 Å². The lowest BCUT2D eigenvalue weighted by atomic mass is 9.93. The maximum atomic E-state index is 13.5. The molecule has 0 aliphatic carbocycles. The maximum absolute atomic E-state index is 13.5. The van der Waals surface area contributed by atoms with Gasteiger partial charge in [-0.15, -0.1) is 0 Å². The topological polar surface area (TPSA) is 89.8 Å². The van der Waals surface area contributed by atoms with Gasteiger partial charge in [-0.25, -0.2) is 14.2 Å². The summed E-state index contributed by atoms with van der Waals surface area (Å²) in [4.78, 5) is 35.8. The van der Waals surface area contributed by atoms with Gasteiger partial charge in [0.25, 0.3) is 0 Å². The maximum Gasteiger partial charge on any atom is 0.409 e. The van der Waals surface area contributed by atoms with Crippen LogP contribution in [0.3, 0.4) is 0 Å². The number of nitrogens with zero attached hydrogens (tertiary/aromatic N) is 5. The van der Waals surface area contributed by atoms with Crippen molar-refractivity contribution in [2.45, 2.75) is 24.8 Å². The van der Waals surface area contributed by atoms with E-state index in [4.69, 9.17) is 21.6 Å². The number of alkyl halides is 1. The Morgan fingerprint density at radius 3 is 2.53 bits per heavy atom. The van der Waals surface area contributed by atoms with Gasteiger partial charge in [0.05, 0.1) is 11.6 Å². The SMILES string of the molecule is CN(C(=O)OCCF)[C@@H]1CN(C(=O)C2CCN(c3ccc(C#N)cn3)CC2)C[C@H]1c1ccc(Cl)cc1. The fourth-order valence-corrected chi connectivity index (χ4v) is 5.14. The molecule has 2 amide bonds. The molecular weight excluding hydrogens is 485 g/mol. The second-order valence-electron chi connectivity index (χ2n) is 9.16. The molecule has 0 bridgehead atoms. The zero-order valence-corrected chi connectivity index (χ0v) is 20.9. The summed E-state index contributed by atoms with van der Waals surface area (Å²) in [6, 6.07) is 12.8. The Labute approximate surface area is 215 Å². The van der Waals surface area contributed by atoms with E-state index in [0.717, 1.165) is 11.4 Å². The van der Waals surface area contributed by atoms with Crippen LogP contribution in [0.2, 0.25) is 5.02 Å². The molecule has 1 aromatic heterocycles. The number of carbonyl (C=O) groups is 2. The number of likely N-dealkylation sites (tertiary alicyclic amines) is 1. The largest absolute Gasteiger partial charge is 0.447 e. The summed E-state index contributed by atoms with van der Waals surface area (Å²) in [7, 11) is 1.63. The summed E-state index contributed by atoms with van der Waals surface area (Å²) >= 11 is 6.07. The Morgan fingerprint density at radius 1 is 1.19 bits per heavy atom. The number of hydrogen-bond donors (Lipinski definition) is 0. The molecule has 2 saturated heterocycles. The van der Waals surface area contributed by atoms with Gasteiger partial charge < -0.3 is 19.4 Å². The highest BCUT2D eigenvalue weighted by atomic mass is 35.5. The predicted molar refractivity (Wildman–Crippen MR) is 134 cm³/mol. The van der Waals surface area contributed by atoms with E-state index in [9.17, 15) is 14.0 Å². The Kier molecular flexibility index (Phi) is 8.26. The van der Waals surface area contributed by atoms with E-state index >= 15 is 0 Å². The van der Waals surface area contributed by atoms with Gasteiger partial charge in [-0.05, 0) is 42.7 Å². The predicted octanol–water partition coefficient (Wildman–Crippen LogP) is 3.86. The first-order valence-corrected chi connectivity index (χ1v) is 12.4. The molecule has 1 aromatic carbocycles. The van der Waals surface area contributed by atoms with Gasteiger partial charge in [0, 0.05) is 56.3 Å². The summed E-state index contributed by atoms with van der Waals surface area (Å²) in [6.45, 7) is 1.21. The van der Waals surface area contributed by atoms with Crippen LogP contribution in [0.1, 0.15) is 29.9 Å². The summed E-state index contributed by atoms with van der Waals surface area (Å²) in [5.74, 6) is 0.650. The summed E-state index contributed by atoms with van der Waals surface area (Å²) < 4.78 is 17.5. The molecule has 2 aliphatic rings. The van der Waals surface area contributed by atoms with Gasteiger partial charge in [-0.1, -0.05) is 23.7 Å². The number of halogens is 2. The zero-order valence-electron chi connectivity index (χ0n) is 20.1. The van der Waals surface area contributed by atoms with E-state index < -0.39 is 12.8 Å². The normalized spacial score (nSPS) is 20.2. The zero-order chi connectivity index (χ0) is 25.7. The number of amides is 2. The number of pyridine rings is 1. The minimum Gasteiger partial charge on any atom is -0.447 e. The van der Waals surface area contributed by atoms with Crippen LogP contribution < -0.4 is 4.90 Å². The summed E-state index contributed by atoms with van der Waals surface area (Å²) in [6.07, 6.45) is 2.35. The highest BCUT2D eigenvalue weighted by Gasteiger charge is 2.42. The van der Waals surface area contributed by atoms with E-state index in [1.165, 1.54) is 4.90 Å². The highest BCUT2D eigenvalue weighted by Crippen LogP contribution is 2.34. The van der Waals surface area contributed by atoms with Gasteiger partial charge in [-0.2, -0.15) is 5.26 Å². The molecule has 0 N–H and O–H groups in total. The monoisotopic (exact) mass is 513 g/mol. The fourth-order valence-electron chi connectivity index (χ4n) is 5.01. The quantitative estimate of drug-likeness (QED) is 0.582. The van der Waals surface area contributed by atoms with E-state index in [2.05, 4.69) is 16.0 Å². The van der Waals surface area contributed by atoms with Gasteiger partial charge in [0.2, 0.25) is 5.91 Å². The molecule has 36 heavy (non-hydrogen) atoms. The van der Waals surface area contributed by atoms with Crippen molar-refractivity contribution in [3.63, 3.8) is 0 Å². The van der Waals surface area contributed by atoms with E-state index in [-0.39, 0.29) is 30.4 Å². The highest BCUT2D eigenvalue weighted by molar-refractivity contribution is 6.30. The molecule has 2 fully saturated rings. The van der Waals surface area contributed by atoms with Crippen LogP contribution in [-0.4, -0.2) is 79.3 Å². The van der Waals surface area contributed by atoms with Crippen molar-refractivity contribution < 1.29 is 18.7 Å². The number of carbonyl (C=O) groups excluding carboxylic acids is 2. The van der Waals surface area contributed by atoms with Crippen LogP contribution in [0.25, 0.3) is 0 Å². The van der Waals surface area contributed by atoms with Crippen LogP contribution in [0, 0.1) is 17.2 Å². The summed E-state index contributed by atoms with van der Waals surface area (Å²) in [5.41, 5.74) is 1.49. The second-order valence-corrected chi connectivity index (χ2v) is 9.60. The Hall–Kier alpha value is -3.38. The average molecular weight is 514 g/mol. The van der Waals surface area contributed by atoms with Crippen LogP contribution >= 0.6 is 11.6 Å². The number of anilines is 1. The summed E-state index contributed by atoms with van der Waals surface area (Å²) in [5, 5.41) is 9.58. The molecular formula is C26H29ClFN5O3. The molecule has 0 radical (unpaired) electrons. The van der Waals surface area contributed by atoms with Crippen LogP contribution in [0.5, 0.6) is 0 Å². The van der Waals surface area contributed by atoms with Gasteiger partial charge in [0.1, 0.15) is 25.2 Å². The first-order chi connectivity index (χ1) is 17.4. The van der Waals surface area contributed by atoms with Gasteiger partial charge >= 0.3 is 6.09 Å². The van der Waals surface area contributed by atoms with Crippen LogP contribution in [-0.2, 0) is 9.53 Å². The smallest absolute Gasteiger partial charge is 0.409 e. The molecule has 2 atom stereocenters. The number of nitriles is 1. The third kappa shape index (κ3) is 5.71. The Balaban J connectivity index is 1.43. The number of piperidine rings is 1. The minimum absolute atomic E-state index is 0.0782. The van der Waals surface area contributed by atoms with Crippen molar-refractivity contribution >= 4 is 29.4 Å². The van der Waals surface area contributed by atoms with Gasteiger partial charge in [-0.3, -0.25) is 4.79 Å². The van der Waals surface area contributed by atoms with Crippen molar-refractivity contribution in [2.75, 3.05) is 51.4 Å². The number of benzene rings is 1. The van der Waals surface area contributed by atoms with E-state index in [1.54, 1.807) is 31.4 Å². The van der Waals surface area contributed by atoms with E-state index in [1.807, 2.05) is 23.1 Å². The molecule has 8 nitrogen and oxygen atoms in total. The first kappa shape index (κ1) is 25.7. The minimum atomic E-state index is -0.744. The third-order valence-corrected chi connectivity index (χ3v) is 7.28. The van der Waals surface area contributed by atoms with Crippen molar-refractivity contribution in [2.24, 2.45) is 5.92 Å². The standard InChI is InChI=1S/C26H29ClFN5O3/c1-31(26(35)36-13-10-28)23-17-33(16-22(23)19-3-5-21(27)6-4-19)25(34)20-8-11-32(12-9-20)24-7-2-18(14-29)15-30-24/h2-7,15,20,22-23H,8-13,16-17H2,1H3/t22-,23+/m0/s1. The third-order valence-electron chi connectivity index (χ3n) is 7.03.